The van der Waals surface area contributed by atoms with Crippen LogP contribution in [0, 0.1) is 5.92 Å². The van der Waals surface area contributed by atoms with Crippen molar-refractivity contribution in [2.75, 3.05) is 53.1 Å². The lowest BCUT2D eigenvalue weighted by Crippen LogP contribution is -2.49. The molecule has 0 bridgehead atoms. The van der Waals surface area contributed by atoms with Crippen molar-refractivity contribution in [3.8, 4) is 0 Å². The topological polar surface area (TPSA) is 42.0 Å². The van der Waals surface area contributed by atoms with Crippen molar-refractivity contribution in [1.82, 2.24) is 9.80 Å². The lowest BCUT2D eigenvalue weighted by Gasteiger charge is -2.37. The van der Waals surface area contributed by atoms with Crippen LogP contribution in [-0.4, -0.2) is 74.9 Å². The quantitative estimate of drug-likeness (QED) is 0.672. The zero-order valence-electron chi connectivity index (χ0n) is 15.0. The zero-order chi connectivity index (χ0) is 16.5. The number of carbonyl (C=O) groups is 1. The van der Waals surface area contributed by atoms with E-state index >= 15 is 0 Å². The molecule has 0 radical (unpaired) electrons. The van der Waals surface area contributed by atoms with Crippen LogP contribution in [0.25, 0.3) is 0 Å². The number of likely N-dealkylation sites (tertiary alicyclic amines) is 2. The molecule has 0 aliphatic carbocycles. The molecular weight excluding hydrogens is 292 g/mol. The normalized spacial score (nSPS) is 24.6. The molecule has 5 heteroatoms. The fourth-order valence-electron chi connectivity index (χ4n) is 3.62. The summed E-state index contributed by atoms with van der Waals surface area (Å²) in [6, 6.07) is 0.365. The van der Waals surface area contributed by atoms with Gasteiger partial charge in [-0.2, -0.15) is 0 Å². The van der Waals surface area contributed by atoms with Gasteiger partial charge in [0.05, 0.1) is 13.2 Å². The molecule has 1 amide bonds. The minimum Gasteiger partial charge on any atom is -0.382 e. The molecule has 134 valence electrons. The second-order valence-electron chi connectivity index (χ2n) is 7.12. The van der Waals surface area contributed by atoms with Gasteiger partial charge in [-0.25, -0.2) is 0 Å². The maximum absolute atomic E-state index is 12.6. The first-order chi connectivity index (χ1) is 11.2. The lowest BCUT2D eigenvalue weighted by atomic mass is 9.98. The number of carbonyl (C=O) groups excluding carboxylic acids is 1. The van der Waals surface area contributed by atoms with Crippen molar-refractivity contribution in [2.45, 2.75) is 51.5 Å². The highest BCUT2D eigenvalue weighted by Gasteiger charge is 2.28. The summed E-state index contributed by atoms with van der Waals surface area (Å²) in [6.07, 6.45) is 7.32. The van der Waals surface area contributed by atoms with Gasteiger partial charge in [-0.05, 0) is 44.7 Å². The van der Waals surface area contributed by atoms with Gasteiger partial charge in [-0.1, -0.05) is 19.8 Å². The summed E-state index contributed by atoms with van der Waals surface area (Å²) in [5.41, 5.74) is 0. The molecule has 2 fully saturated rings. The third-order valence-corrected chi connectivity index (χ3v) is 5.20. The van der Waals surface area contributed by atoms with E-state index in [-0.39, 0.29) is 12.5 Å². The number of nitrogens with zero attached hydrogens (tertiary/aromatic N) is 2. The fourth-order valence-corrected chi connectivity index (χ4v) is 3.62. The Labute approximate surface area is 141 Å². The van der Waals surface area contributed by atoms with E-state index in [1.54, 1.807) is 7.11 Å². The largest absolute Gasteiger partial charge is 0.382 e. The van der Waals surface area contributed by atoms with E-state index in [1.165, 1.54) is 38.8 Å². The fraction of sp³-hybridized carbons (Fsp3) is 0.944. The summed E-state index contributed by atoms with van der Waals surface area (Å²) in [6.45, 7) is 7.87. The maximum Gasteiger partial charge on any atom is 0.248 e. The first-order valence-corrected chi connectivity index (χ1v) is 9.29. The van der Waals surface area contributed by atoms with Crippen LogP contribution in [0.2, 0.25) is 0 Å². The van der Waals surface area contributed by atoms with E-state index in [2.05, 4.69) is 16.7 Å². The van der Waals surface area contributed by atoms with Crippen LogP contribution >= 0.6 is 0 Å². The Morgan fingerprint density at radius 2 is 1.83 bits per heavy atom. The summed E-state index contributed by atoms with van der Waals surface area (Å²) >= 11 is 0. The van der Waals surface area contributed by atoms with Gasteiger partial charge in [0, 0.05) is 26.2 Å². The molecule has 2 aliphatic rings. The highest BCUT2D eigenvalue weighted by atomic mass is 16.5. The number of amides is 1. The molecule has 23 heavy (non-hydrogen) atoms. The Kier molecular flexibility index (Phi) is 8.34. The molecule has 2 saturated heterocycles. The predicted molar refractivity (Wildman–Crippen MR) is 91.5 cm³/mol. The van der Waals surface area contributed by atoms with Crippen LogP contribution in [0.5, 0.6) is 0 Å². The molecule has 2 rings (SSSR count). The predicted octanol–water partition coefficient (Wildman–Crippen LogP) is 2.15. The number of rotatable bonds is 7. The minimum atomic E-state index is 0.151. The first kappa shape index (κ1) is 18.7. The summed E-state index contributed by atoms with van der Waals surface area (Å²) in [7, 11) is 1.65. The second-order valence-corrected chi connectivity index (χ2v) is 7.12. The number of methoxy groups -OCH3 is 1. The molecule has 2 heterocycles. The average Bonchev–Trinajstić information content (AvgIpc) is 2.79. The number of hydrogen-bond donors (Lipinski definition) is 0. The lowest BCUT2D eigenvalue weighted by molar-refractivity contribution is -0.139. The van der Waals surface area contributed by atoms with E-state index in [4.69, 9.17) is 9.47 Å². The van der Waals surface area contributed by atoms with E-state index in [0.29, 0.717) is 19.3 Å². The highest BCUT2D eigenvalue weighted by Crippen LogP contribution is 2.21. The van der Waals surface area contributed by atoms with Gasteiger partial charge >= 0.3 is 0 Å². The van der Waals surface area contributed by atoms with Crippen molar-refractivity contribution in [3.05, 3.63) is 0 Å². The van der Waals surface area contributed by atoms with Gasteiger partial charge in [0.15, 0.2) is 0 Å². The SMILES string of the molecule is COCCOCC(=O)N1CCCCCC1CN1CCC(C)CC1. The molecule has 0 saturated carbocycles. The van der Waals surface area contributed by atoms with E-state index in [1.807, 2.05) is 0 Å². The summed E-state index contributed by atoms with van der Waals surface area (Å²) in [4.78, 5) is 17.2. The van der Waals surface area contributed by atoms with Crippen LogP contribution in [0.3, 0.4) is 0 Å². The molecule has 0 N–H and O–H groups in total. The molecule has 0 aromatic rings. The molecule has 0 aromatic carbocycles. The van der Waals surface area contributed by atoms with Crippen LogP contribution in [0.1, 0.15) is 45.4 Å². The van der Waals surface area contributed by atoms with Crippen molar-refractivity contribution >= 4 is 5.91 Å². The Hall–Kier alpha value is -0.650. The monoisotopic (exact) mass is 326 g/mol. The molecule has 1 unspecified atom stereocenters. The summed E-state index contributed by atoms with van der Waals surface area (Å²) in [5.74, 6) is 1.01. The van der Waals surface area contributed by atoms with E-state index in [0.717, 1.165) is 31.8 Å². The van der Waals surface area contributed by atoms with Gasteiger partial charge in [0.1, 0.15) is 6.61 Å². The number of ether oxygens (including phenoxy) is 2. The first-order valence-electron chi connectivity index (χ1n) is 9.29. The molecule has 2 aliphatic heterocycles. The summed E-state index contributed by atoms with van der Waals surface area (Å²) < 4.78 is 10.4. The molecular formula is C18H34N2O3. The maximum atomic E-state index is 12.6. The number of piperidine rings is 1. The van der Waals surface area contributed by atoms with Crippen molar-refractivity contribution in [3.63, 3.8) is 0 Å². The van der Waals surface area contributed by atoms with Crippen molar-refractivity contribution in [1.29, 1.82) is 0 Å². The molecule has 0 aromatic heterocycles. The zero-order valence-corrected chi connectivity index (χ0v) is 15.0. The molecule has 5 nitrogen and oxygen atoms in total. The Morgan fingerprint density at radius 3 is 2.57 bits per heavy atom. The summed E-state index contributed by atoms with van der Waals surface area (Å²) in [5, 5.41) is 0. The number of hydrogen-bond acceptors (Lipinski definition) is 4. The molecule has 0 spiro atoms. The van der Waals surface area contributed by atoms with Crippen LogP contribution < -0.4 is 0 Å². The Balaban J connectivity index is 1.84. The smallest absolute Gasteiger partial charge is 0.248 e. The highest BCUT2D eigenvalue weighted by molar-refractivity contribution is 5.77. The average molecular weight is 326 g/mol. The van der Waals surface area contributed by atoms with Gasteiger partial charge < -0.3 is 19.3 Å². The third-order valence-electron chi connectivity index (χ3n) is 5.20. The van der Waals surface area contributed by atoms with Gasteiger partial charge in [0.2, 0.25) is 5.91 Å². The molecule has 1 atom stereocenters. The minimum absolute atomic E-state index is 0.151. The van der Waals surface area contributed by atoms with Gasteiger partial charge in [0.25, 0.3) is 0 Å². The van der Waals surface area contributed by atoms with Gasteiger partial charge in [-0.15, -0.1) is 0 Å². The van der Waals surface area contributed by atoms with Crippen molar-refractivity contribution < 1.29 is 14.3 Å². The van der Waals surface area contributed by atoms with Gasteiger partial charge in [-0.3, -0.25) is 4.79 Å². The third kappa shape index (κ3) is 6.40. The van der Waals surface area contributed by atoms with E-state index in [9.17, 15) is 4.79 Å². The van der Waals surface area contributed by atoms with Crippen LogP contribution in [0.15, 0.2) is 0 Å². The van der Waals surface area contributed by atoms with E-state index < -0.39 is 0 Å². The second kappa shape index (κ2) is 10.3. The van der Waals surface area contributed by atoms with Crippen LogP contribution in [0.4, 0.5) is 0 Å². The van der Waals surface area contributed by atoms with Crippen molar-refractivity contribution in [2.24, 2.45) is 5.92 Å². The Bertz CT molecular complexity index is 343. The standard InChI is InChI=1S/C18H34N2O3/c1-16-7-10-19(11-8-16)14-17-6-4-3-5-9-20(17)18(21)15-23-13-12-22-2/h16-17H,3-15H2,1-2H3. The Morgan fingerprint density at radius 1 is 1.04 bits per heavy atom. The van der Waals surface area contributed by atoms with Crippen LogP contribution in [-0.2, 0) is 14.3 Å².